The van der Waals surface area contributed by atoms with Crippen molar-refractivity contribution in [2.45, 2.75) is 38.6 Å². The summed E-state index contributed by atoms with van der Waals surface area (Å²) in [4.78, 5) is 2.51. The van der Waals surface area contributed by atoms with Crippen LogP contribution in [0, 0.1) is 5.41 Å². The average Bonchev–Trinajstić information content (AvgIpc) is 2.76. The van der Waals surface area contributed by atoms with Crippen molar-refractivity contribution in [2.24, 2.45) is 11.1 Å². The molecule has 0 radical (unpaired) electrons. The lowest BCUT2D eigenvalue weighted by Crippen LogP contribution is -2.55. The van der Waals surface area contributed by atoms with Crippen molar-refractivity contribution >= 4 is 5.69 Å². The normalized spacial score (nSPS) is 23.8. The van der Waals surface area contributed by atoms with Crippen molar-refractivity contribution in [3.8, 4) is 0 Å². The number of anilines is 1. The third kappa shape index (κ3) is 1.95. The topological polar surface area (TPSA) is 29.3 Å². The molecule has 92 valence electrons. The highest BCUT2D eigenvalue weighted by Crippen LogP contribution is 2.46. The number of rotatable bonds is 2. The largest absolute Gasteiger partial charge is 0.370 e. The fourth-order valence-corrected chi connectivity index (χ4v) is 3.39. The first-order valence-corrected chi connectivity index (χ1v) is 6.79. The van der Waals surface area contributed by atoms with Gasteiger partial charge in [-0.2, -0.15) is 0 Å². The van der Waals surface area contributed by atoms with E-state index in [4.69, 9.17) is 5.73 Å². The Morgan fingerprint density at radius 3 is 2.59 bits per heavy atom. The zero-order chi connectivity index (χ0) is 11.9. The minimum Gasteiger partial charge on any atom is -0.370 e. The summed E-state index contributed by atoms with van der Waals surface area (Å²) >= 11 is 0. The lowest BCUT2D eigenvalue weighted by Gasteiger charge is -2.50. The first-order valence-electron chi connectivity index (χ1n) is 6.79. The molecule has 1 saturated carbocycles. The van der Waals surface area contributed by atoms with Crippen molar-refractivity contribution in [1.82, 2.24) is 0 Å². The molecular weight excluding hydrogens is 208 g/mol. The van der Waals surface area contributed by atoms with E-state index in [-0.39, 0.29) is 6.04 Å². The van der Waals surface area contributed by atoms with Gasteiger partial charge in [0, 0.05) is 30.2 Å². The molecule has 0 amide bonds. The molecule has 0 bridgehead atoms. The van der Waals surface area contributed by atoms with E-state index >= 15 is 0 Å². The maximum Gasteiger partial charge on any atom is 0.0369 e. The zero-order valence-electron chi connectivity index (χ0n) is 10.7. The highest BCUT2D eigenvalue weighted by Gasteiger charge is 2.44. The Bertz CT molecular complexity index is 397. The summed E-state index contributed by atoms with van der Waals surface area (Å²) in [7, 11) is 0. The van der Waals surface area contributed by atoms with Crippen LogP contribution in [0.4, 0.5) is 5.69 Å². The summed E-state index contributed by atoms with van der Waals surface area (Å²) in [6.45, 7) is 4.57. The number of hydrogen-bond acceptors (Lipinski definition) is 2. The minimum atomic E-state index is 0.136. The van der Waals surface area contributed by atoms with Crippen molar-refractivity contribution < 1.29 is 0 Å². The van der Waals surface area contributed by atoms with Gasteiger partial charge in [-0.25, -0.2) is 0 Å². The molecule has 1 aliphatic heterocycles. The second-order valence-corrected chi connectivity index (χ2v) is 5.95. The Morgan fingerprint density at radius 1 is 1.24 bits per heavy atom. The molecule has 1 heterocycles. The molecule has 1 aliphatic carbocycles. The van der Waals surface area contributed by atoms with E-state index in [9.17, 15) is 0 Å². The fraction of sp³-hybridized carbons (Fsp3) is 0.600. The molecule has 2 N–H and O–H groups in total. The lowest BCUT2D eigenvalue weighted by atomic mass is 9.78. The van der Waals surface area contributed by atoms with Crippen molar-refractivity contribution in [1.29, 1.82) is 0 Å². The van der Waals surface area contributed by atoms with Crippen LogP contribution in [0.2, 0.25) is 0 Å². The Balaban J connectivity index is 1.72. The van der Waals surface area contributed by atoms with Gasteiger partial charge in [0.05, 0.1) is 0 Å². The molecule has 1 spiro atoms. The second kappa shape index (κ2) is 4.02. The van der Waals surface area contributed by atoms with E-state index in [1.54, 1.807) is 0 Å². The highest BCUT2D eigenvalue weighted by atomic mass is 15.2. The summed E-state index contributed by atoms with van der Waals surface area (Å²) < 4.78 is 0. The van der Waals surface area contributed by atoms with E-state index in [1.165, 1.54) is 50.0 Å². The molecule has 3 rings (SSSR count). The van der Waals surface area contributed by atoms with Crippen LogP contribution in [0.1, 0.15) is 44.2 Å². The molecule has 2 nitrogen and oxygen atoms in total. The average molecular weight is 230 g/mol. The van der Waals surface area contributed by atoms with Gasteiger partial charge in [0.25, 0.3) is 0 Å². The third-order valence-corrected chi connectivity index (χ3v) is 4.48. The van der Waals surface area contributed by atoms with Crippen LogP contribution in [-0.2, 0) is 0 Å². The van der Waals surface area contributed by atoms with Crippen LogP contribution in [0.3, 0.4) is 0 Å². The van der Waals surface area contributed by atoms with Gasteiger partial charge in [0.15, 0.2) is 0 Å². The van der Waals surface area contributed by atoms with E-state index in [2.05, 4.69) is 29.2 Å². The monoisotopic (exact) mass is 230 g/mol. The summed E-state index contributed by atoms with van der Waals surface area (Å²) in [6, 6.07) is 8.87. The molecular formula is C15H22N2. The molecule has 1 aromatic rings. The van der Waals surface area contributed by atoms with Gasteiger partial charge in [-0.15, -0.1) is 0 Å². The predicted molar refractivity (Wildman–Crippen MR) is 72.2 cm³/mol. The van der Waals surface area contributed by atoms with Gasteiger partial charge >= 0.3 is 0 Å². The SMILES string of the molecule is CC(N)c1cccc(N2CC3(CCCC3)C2)c1. The first-order chi connectivity index (χ1) is 8.19. The smallest absolute Gasteiger partial charge is 0.0369 e. The quantitative estimate of drug-likeness (QED) is 0.846. The standard InChI is InChI=1S/C15H22N2/c1-12(16)13-5-4-6-14(9-13)17-10-15(11-17)7-2-3-8-15/h4-6,9,12H,2-3,7-8,10-11,16H2,1H3. The predicted octanol–water partition coefficient (Wildman–Crippen LogP) is 3.09. The van der Waals surface area contributed by atoms with Gasteiger partial charge in [0.1, 0.15) is 0 Å². The molecule has 0 aromatic heterocycles. The van der Waals surface area contributed by atoms with Crippen LogP contribution in [0.25, 0.3) is 0 Å². The van der Waals surface area contributed by atoms with E-state index in [0.717, 1.165) is 0 Å². The van der Waals surface area contributed by atoms with Gasteiger partial charge in [-0.05, 0) is 37.5 Å². The number of hydrogen-bond donors (Lipinski definition) is 1. The van der Waals surface area contributed by atoms with Crippen LogP contribution in [0.5, 0.6) is 0 Å². The fourth-order valence-electron chi connectivity index (χ4n) is 3.39. The number of nitrogens with zero attached hydrogens (tertiary/aromatic N) is 1. The maximum atomic E-state index is 5.94. The van der Waals surface area contributed by atoms with Crippen LogP contribution in [-0.4, -0.2) is 13.1 Å². The Hall–Kier alpha value is -1.02. The van der Waals surface area contributed by atoms with Crippen LogP contribution < -0.4 is 10.6 Å². The summed E-state index contributed by atoms with van der Waals surface area (Å²) in [6.07, 6.45) is 5.76. The van der Waals surface area contributed by atoms with E-state index in [0.29, 0.717) is 5.41 Å². The lowest BCUT2D eigenvalue weighted by molar-refractivity contribution is 0.222. The van der Waals surface area contributed by atoms with Crippen LogP contribution in [0.15, 0.2) is 24.3 Å². The molecule has 1 unspecified atom stereocenters. The molecule has 1 aromatic carbocycles. The molecule has 2 heteroatoms. The third-order valence-electron chi connectivity index (χ3n) is 4.48. The second-order valence-electron chi connectivity index (χ2n) is 5.95. The molecule has 1 atom stereocenters. The molecule has 1 saturated heterocycles. The van der Waals surface area contributed by atoms with Gasteiger partial charge < -0.3 is 10.6 Å². The van der Waals surface area contributed by atoms with Gasteiger partial charge in [0.2, 0.25) is 0 Å². The molecule has 2 aliphatic rings. The summed E-state index contributed by atoms with van der Waals surface area (Å²) in [5.74, 6) is 0. The Kier molecular flexibility index (Phi) is 2.62. The van der Waals surface area contributed by atoms with Crippen molar-refractivity contribution in [3.63, 3.8) is 0 Å². The molecule has 2 fully saturated rings. The zero-order valence-corrected chi connectivity index (χ0v) is 10.7. The van der Waals surface area contributed by atoms with Crippen molar-refractivity contribution in [3.05, 3.63) is 29.8 Å². The van der Waals surface area contributed by atoms with Crippen molar-refractivity contribution in [2.75, 3.05) is 18.0 Å². The number of nitrogens with two attached hydrogens (primary N) is 1. The summed E-state index contributed by atoms with van der Waals surface area (Å²) in [5.41, 5.74) is 9.21. The Morgan fingerprint density at radius 2 is 1.94 bits per heavy atom. The van der Waals surface area contributed by atoms with E-state index < -0.39 is 0 Å². The van der Waals surface area contributed by atoms with Crippen LogP contribution >= 0.6 is 0 Å². The highest BCUT2D eigenvalue weighted by molar-refractivity contribution is 5.52. The molecule has 17 heavy (non-hydrogen) atoms. The number of benzene rings is 1. The summed E-state index contributed by atoms with van der Waals surface area (Å²) in [5, 5.41) is 0. The maximum absolute atomic E-state index is 5.94. The van der Waals surface area contributed by atoms with E-state index in [1.807, 2.05) is 6.92 Å². The first kappa shape index (κ1) is 11.1. The van der Waals surface area contributed by atoms with Gasteiger partial charge in [-0.3, -0.25) is 0 Å². The van der Waals surface area contributed by atoms with Gasteiger partial charge in [-0.1, -0.05) is 25.0 Å². The minimum absolute atomic E-state index is 0.136. The Labute approximate surface area is 104 Å².